The number of aliphatic hydroxyl groups is 1. The van der Waals surface area contributed by atoms with Crippen molar-refractivity contribution in [1.29, 1.82) is 0 Å². The van der Waals surface area contributed by atoms with Crippen LogP contribution in [0, 0.1) is 28.6 Å². The average Bonchev–Trinajstić information content (AvgIpc) is 2.77. The topological polar surface area (TPSA) is 54.4 Å². The molecule has 0 aliphatic heterocycles. The van der Waals surface area contributed by atoms with Gasteiger partial charge in [-0.15, -0.1) is 0 Å². The number of fused-ring (bicyclic) bond motifs is 5. The van der Waals surface area contributed by atoms with E-state index in [0.29, 0.717) is 30.6 Å². The summed E-state index contributed by atoms with van der Waals surface area (Å²) in [4.78, 5) is 24.5. The third-order valence-corrected chi connectivity index (χ3v) is 7.74. The zero-order valence-electron chi connectivity index (χ0n) is 13.6. The molecule has 0 spiro atoms. The van der Waals surface area contributed by atoms with Gasteiger partial charge in [0.05, 0.1) is 6.10 Å². The lowest BCUT2D eigenvalue weighted by Gasteiger charge is -2.56. The Hall–Kier alpha value is -0.960. The molecule has 0 aromatic carbocycles. The van der Waals surface area contributed by atoms with Gasteiger partial charge in [-0.3, -0.25) is 9.59 Å². The van der Waals surface area contributed by atoms with Crippen LogP contribution in [0.4, 0.5) is 0 Å². The normalized spacial score (nSPS) is 51.0. The lowest BCUT2D eigenvalue weighted by atomic mass is 9.47. The lowest BCUT2D eigenvalue weighted by molar-refractivity contribution is -0.132. The lowest BCUT2D eigenvalue weighted by Crippen LogP contribution is -2.53. The standard InChI is InChI=1S/C19H26O3/c1-18-7-5-11(20)9-15(18)16(21)10-12-13-3-4-17(22)19(13,2)8-6-14(12)18/h9,12-14,17,22H,3-8,10H2,1-2H3/t12?,13?,14?,17-,18+,19-/m0/s1. The highest BCUT2D eigenvalue weighted by Gasteiger charge is 2.60. The summed E-state index contributed by atoms with van der Waals surface area (Å²) in [7, 11) is 0. The fraction of sp³-hybridized carbons (Fsp3) is 0.789. The Morgan fingerprint density at radius 2 is 1.86 bits per heavy atom. The maximum absolute atomic E-state index is 12.7. The van der Waals surface area contributed by atoms with Crippen molar-refractivity contribution in [3.63, 3.8) is 0 Å². The molecular weight excluding hydrogens is 276 g/mol. The number of hydrogen-bond acceptors (Lipinski definition) is 3. The molecule has 6 atom stereocenters. The highest BCUT2D eigenvalue weighted by Crippen LogP contribution is 2.64. The minimum Gasteiger partial charge on any atom is -0.393 e. The Labute approximate surface area is 132 Å². The summed E-state index contributed by atoms with van der Waals surface area (Å²) in [5.74, 6) is 1.70. The van der Waals surface area contributed by atoms with Gasteiger partial charge in [-0.05, 0) is 66.8 Å². The molecule has 0 aromatic rings. The van der Waals surface area contributed by atoms with Crippen molar-refractivity contribution in [3.8, 4) is 0 Å². The number of Topliss-reactive ketones (excluding diaryl/α,β-unsaturated/α-hetero) is 1. The van der Waals surface area contributed by atoms with E-state index in [1.807, 2.05) is 0 Å². The Morgan fingerprint density at radius 3 is 2.64 bits per heavy atom. The Kier molecular flexibility index (Phi) is 3.01. The van der Waals surface area contributed by atoms with Crippen LogP contribution in [0.15, 0.2) is 11.6 Å². The van der Waals surface area contributed by atoms with Crippen LogP contribution in [-0.4, -0.2) is 22.8 Å². The van der Waals surface area contributed by atoms with Gasteiger partial charge in [-0.25, -0.2) is 0 Å². The first kappa shape index (κ1) is 14.6. The van der Waals surface area contributed by atoms with Crippen molar-refractivity contribution in [1.82, 2.24) is 0 Å². The second-order valence-corrected chi connectivity index (χ2v) is 8.58. The van der Waals surface area contributed by atoms with Gasteiger partial charge in [0.15, 0.2) is 11.6 Å². The Morgan fingerprint density at radius 1 is 1.09 bits per heavy atom. The van der Waals surface area contributed by atoms with Crippen LogP contribution in [-0.2, 0) is 9.59 Å². The smallest absolute Gasteiger partial charge is 0.159 e. The molecule has 3 nitrogen and oxygen atoms in total. The molecule has 0 heterocycles. The fourth-order valence-electron chi connectivity index (χ4n) is 6.36. The van der Waals surface area contributed by atoms with Crippen LogP contribution >= 0.6 is 0 Å². The Bertz CT molecular complexity index is 577. The quantitative estimate of drug-likeness (QED) is 0.748. The molecule has 3 fully saturated rings. The van der Waals surface area contributed by atoms with E-state index in [2.05, 4.69) is 13.8 Å². The minimum atomic E-state index is -0.203. The van der Waals surface area contributed by atoms with E-state index in [0.717, 1.165) is 37.7 Å². The molecule has 0 aromatic heterocycles. The van der Waals surface area contributed by atoms with E-state index in [-0.39, 0.29) is 28.5 Å². The molecule has 120 valence electrons. The van der Waals surface area contributed by atoms with Crippen molar-refractivity contribution in [2.75, 3.05) is 0 Å². The van der Waals surface area contributed by atoms with Crippen molar-refractivity contribution in [3.05, 3.63) is 11.6 Å². The summed E-state index contributed by atoms with van der Waals surface area (Å²) >= 11 is 0. The number of aliphatic hydroxyl groups excluding tert-OH is 1. The summed E-state index contributed by atoms with van der Waals surface area (Å²) in [6.45, 7) is 4.45. The molecule has 4 rings (SSSR count). The van der Waals surface area contributed by atoms with Crippen LogP contribution in [0.3, 0.4) is 0 Å². The van der Waals surface area contributed by atoms with E-state index >= 15 is 0 Å². The maximum Gasteiger partial charge on any atom is 0.159 e. The van der Waals surface area contributed by atoms with Gasteiger partial charge < -0.3 is 5.11 Å². The first-order valence-electron chi connectivity index (χ1n) is 8.82. The van der Waals surface area contributed by atoms with Gasteiger partial charge >= 0.3 is 0 Å². The monoisotopic (exact) mass is 302 g/mol. The fourth-order valence-corrected chi connectivity index (χ4v) is 6.36. The van der Waals surface area contributed by atoms with Crippen LogP contribution in [0.2, 0.25) is 0 Å². The van der Waals surface area contributed by atoms with Crippen LogP contribution < -0.4 is 0 Å². The minimum absolute atomic E-state index is 0.00348. The third-order valence-electron chi connectivity index (χ3n) is 7.74. The second-order valence-electron chi connectivity index (χ2n) is 8.58. The molecule has 4 aliphatic carbocycles. The van der Waals surface area contributed by atoms with E-state index in [1.54, 1.807) is 6.08 Å². The number of allylic oxidation sites excluding steroid dienone is 1. The van der Waals surface area contributed by atoms with Crippen molar-refractivity contribution < 1.29 is 14.7 Å². The summed E-state index contributed by atoms with van der Waals surface area (Å²) in [5, 5.41) is 10.4. The van der Waals surface area contributed by atoms with Crippen molar-refractivity contribution in [2.24, 2.45) is 28.6 Å². The largest absolute Gasteiger partial charge is 0.393 e. The Balaban J connectivity index is 1.75. The zero-order chi connectivity index (χ0) is 15.7. The summed E-state index contributed by atoms with van der Waals surface area (Å²) in [6, 6.07) is 0. The third kappa shape index (κ3) is 1.72. The SMILES string of the molecule is C[C@]12CCC(=O)C=C1C(=O)CC1C2CC[C@@]2(C)C1CC[C@@H]2O. The van der Waals surface area contributed by atoms with Gasteiger partial charge in [0, 0.05) is 18.4 Å². The summed E-state index contributed by atoms with van der Waals surface area (Å²) in [6.07, 6.45) is 7.54. The number of ketones is 2. The van der Waals surface area contributed by atoms with Crippen LogP contribution in [0.25, 0.3) is 0 Å². The highest BCUT2D eigenvalue weighted by molar-refractivity contribution is 6.05. The first-order chi connectivity index (χ1) is 10.4. The zero-order valence-corrected chi connectivity index (χ0v) is 13.6. The van der Waals surface area contributed by atoms with Crippen LogP contribution in [0.1, 0.15) is 58.8 Å². The van der Waals surface area contributed by atoms with Crippen molar-refractivity contribution in [2.45, 2.75) is 64.9 Å². The molecule has 3 saturated carbocycles. The van der Waals surface area contributed by atoms with Gasteiger partial charge in [-0.2, -0.15) is 0 Å². The molecule has 3 unspecified atom stereocenters. The van der Waals surface area contributed by atoms with Gasteiger partial charge in [0.2, 0.25) is 0 Å². The molecule has 0 amide bonds. The molecule has 1 N–H and O–H groups in total. The van der Waals surface area contributed by atoms with Crippen LogP contribution in [0.5, 0.6) is 0 Å². The number of hydrogen-bond donors (Lipinski definition) is 1. The maximum atomic E-state index is 12.7. The molecule has 0 saturated heterocycles. The molecule has 4 aliphatic rings. The van der Waals surface area contributed by atoms with E-state index in [4.69, 9.17) is 0 Å². The number of rotatable bonds is 0. The van der Waals surface area contributed by atoms with E-state index in [9.17, 15) is 14.7 Å². The number of carbonyl (C=O) groups excluding carboxylic acids is 2. The first-order valence-corrected chi connectivity index (χ1v) is 8.82. The predicted molar refractivity (Wildman–Crippen MR) is 83.1 cm³/mol. The predicted octanol–water partition coefficient (Wildman–Crippen LogP) is 3.06. The van der Waals surface area contributed by atoms with Gasteiger partial charge in [0.25, 0.3) is 0 Å². The molecule has 0 radical (unpaired) electrons. The van der Waals surface area contributed by atoms with E-state index in [1.165, 1.54) is 0 Å². The molecule has 22 heavy (non-hydrogen) atoms. The van der Waals surface area contributed by atoms with Gasteiger partial charge in [0.1, 0.15) is 0 Å². The molecule has 3 heteroatoms. The second kappa shape index (κ2) is 4.53. The summed E-state index contributed by atoms with van der Waals surface area (Å²) < 4.78 is 0. The number of carbonyl (C=O) groups is 2. The average molecular weight is 302 g/mol. The summed E-state index contributed by atoms with van der Waals surface area (Å²) in [5.41, 5.74) is 0.707. The van der Waals surface area contributed by atoms with Crippen molar-refractivity contribution >= 4 is 11.6 Å². The van der Waals surface area contributed by atoms with E-state index < -0.39 is 0 Å². The van der Waals surface area contributed by atoms with Gasteiger partial charge in [-0.1, -0.05) is 13.8 Å². The molecular formula is C19H26O3. The highest BCUT2D eigenvalue weighted by atomic mass is 16.3. The molecule has 0 bridgehead atoms.